The molecule has 1 aliphatic heterocycles. The molecule has 2 rings (SSSR count). The van der Waals surface area contributed by atoms with Gasteiger partial charge in [-0.05, 0) is 31.0 Å². The highest BCUT2D eigenvalue weighted by Crippen LogP contribution is 2.19. The van der Waals surface area contributed by atoms with Crippen LogP contribution in [0.3, 0.4) is 0 Å². The van der Waals surface area contributed by atoms with Crippen molar-refractivity contribution in [3.05, 3.63) is 35.1 Å². The molecular weight excluding hydrogens is 275 g/mol. The van der Waals surface area contributed by atoms with Crippen molar-refractivity contribution < 1.29 is 9.13 Å². The summed E-state index contributed by atoms with van der Waals surface area (Å²) in [6, 6.07) is 5.40. The number of hydrogen-bond donors (Lipinski definition) is 1. The first-order chi connectivity index (χ1) is 9.51. The summed E-state index contributed by atoms with van der Waals surface area (Å²) < 4.78 is 19.3. The summed E-state index contributed by atoms with van der Waals surface area (Å²) in [7, 11) is 0. The van der Waals surface area contributed by atoms with E-state index in [-0.39, 0.29) is 16.9 Å². The number of hydrogen-bond acceptors (Lipinski definition) is 3. The molecule has 2 N–H and O–H groups in total. The fraction of sp³-hybridized carbons (Fsp3) is 0.533. The van der Waals surface area contributed by atoms with Crippen molar-refractivity contribution in [1.82, 2.24) is 4.90 Å². The Morgan fingerprint density at radius 2 is 2.30 bits per heavy atom. The molecule has 0 aliphatic carbocycles. The van der Waals surface area contributed by atoms with Crippen LogP contribution < -0.4 is 5.73 Å². The maximum absolute atomic E-state index is 13.6. The Morgan fingerprint density at radius 1 is 1.55 bits per heavy atom. The van der Waals surface area contributed by atoms with E-state index < -0.39 is 0 Å². The van der Waals surface area contributed by atoms with Crippen LogP contribution in [0.2, 0.25) is 0 Å². The highest BCUT2D eigenvalue weighted by molar-refractivity contribution is 7.80. The monoisotopic (exact) mass is 296 g/mol. The quantitative estimate of drug-likeness (QED) is 0.866. The maximum Gasteiger partial charge on any atom is 0.133 e. The molecule has 5 heteroatoms. The second-order valence-electron chi connectivity index (χ2n) is 5.31. The highest BCUT2D eigenvalue weighted by Gasteiger charge is 2.25. The van der Waals surface area contributed by atoms with Crippen LogP contribution in [0.15, 0.2) is 18.2 Å². The number of rotatable bonds is 4. The molecule has 1 aromatic carbocycles. The summed E-state index contributed by atoms with van der Waals surface area (Å²) >= 11 is 4.88. The highest BCUT2D eigenvalue weighted by atomic mass is 32.1. The van der Waals surface area contributed by atoms with Gasteiger partial charge in [0, 0.05) is 24.7 Å². The van der Waals surface area contributed by atoms with Gasteiger partial charge in [0.05, 0.1) is 12.7 Å². The molecule has 20 heavy (non-hydrogen) atoms. The summed E-state index contributed by atoms with van der Waals surface area (Å²) in [6.45, 7) is 6.63. The number of morpholine rings is 1. The minimum atomic E-state index is -0.358. The van der Waals surface area contributed by atoms with Crippen molar-refractivity contribution >= 4 is 17.2 Å². The third-order valence-corrected chi connectivity index (χ3v) is 3.95. The largest absolute Gasteiger partial charge is 0.389 e. The Kier molecular flexibility index (Phi) is 5.07. The van der Waals surface area contributed by atoms with E-state index in [0.717, 1.165) is 31.7 Å². The topological polar surface area (TPSA) is 38.5 Å². The lowest BCUT2D eigenvalue weighted by molar-refractivity contribution is -0.0592. The third-order valence-electron chi connectivity index (χ3n) is 3.73. The van der Waals surface area contributed by atoms with Gasteiger partial charge in [0.2, 0.25) is 0 Å². The number of ether oxygens (including phenoxy) is 1. The zero-order valence-electron chi connectivity index (χ0n) is 11.9. The van der Waals surface area contributed by atoms with E-state index in [2.05, 4.69) is 18.7 Å². The molecule has 0 amide bonds. The zero-order valence-corrected chi connectivity index (χ0v) is 12.8. The first-order valence-corrected chi connectivity index (χ1v) is 7.36. The Hall–Kier alpha value is -1.04. The van der Waals surface area contributed by atoms with Gasteiger partial charge < -0.3 is 10.5 Å². The summed E-state index contributed by atoms with van der Waals surface area (Å²) in [5.41, 5.74) is 6.91. The molecule has 1 aromatic rings. The fourth-order valence-corrected chi connectivity index (χ4v) is 2.73. The summed E-state index contributed by atoms with van der Waals surface area (Å²) in [5.74, 6) is -0.358. The Balaban J connectivity index is 2.15. The van der Waals surface area contributed by atoms with Crippen LogP contribution in [0.4, 0.5) is 4.39 Å². The lowest BCUT2D eigenvalue weighted by Gasteiger charge is -2.38. The molecule has 2 atom stereocenters. The van der Waals surface area contributed by atoms with Crippen LogP contribution >= 0.6 is 12.2 Å². The van der Waals surface area contributed by atoms with E-state index >= 15 is 0 Å². The van der Waals surface area contributed by atoms with Crippen LogP contribution in [-0.2, 0) is 11.3 Å². The fourth-order valence-electron chi connectivity index (χ4n) is 2.58. The smallest absolute Gasteiger partial charge is 0.133 e. The molecule has 1 fully saturated rings. The predicted octanol–water partition coefficient (Wildman–Crippen LogP) is 2.46. The zero-order chi connectivity index (χ0) is 14.7. The second kappa shape index (κ2) is 6.61. The summed E-state index contributed by atoms with van der Waals surface area (Å²) in [5, 5.41) is 0. The molecule has 2 unspecified atom stereocenters. The van der Waals surface area contributed by atoms with E-state index in [1.54, 1.807) is 12.1 Å². The van der Waals surface area contributed by atoms with Gasteiger partial charge in [-0.25, -0.2) is 4.39 Å². The maximum atomic E-state index is 13.6. The van der Waals surface area contributed by atoms with Crippen molar-refractivity contribution in [3.63, 3.8) is 0 Å². The minimum Gasteiger partial charge on any atom is -0.389 e. The van der Waals surface area contributed by atoms with Gasteiger partial charge in [-0.3, -0.25) is 4.90 Å². The molecule has 1 heterocycles. The SMILES string of the molecule is CCC1COC(C)CN1Cc1ccc(F)c(C(N)=S)c1. The van der Waals surface area contributed by atoms with Gasteiger partial charge >= 0.3 is 0 Å². The Labute approximate surface area is 124 Å². The van der Waals surface area contributed by atoms with Crippen molar-refractivity contribution in [2.24, 2.45) is 5.73 Å². The van der Waals surface area contributed by atoms with Crippen molar-refractivity contribution in [3.8, 4) is 0 Å². The summed E-state index contributed by atoms with van der Waals surface area (Å²) in [4.78, 5) is 2.48. The molecule has 3 nitrogen and oxygen atoms in total. The van der Waals surface area contributed by atoms with Gasteiger partial charge in [0.25, 0.3) is 0 Å². The van der Waals surface area contributed by atoms with Crippen LogP contribution in [0, 0.1) is 5.82 Å². The van der Waals surface area contributed by atoms with Crippen LogP contribution in [0.1, 0.15) is 31.4 Å². The number of thiocarbonyl (C=S) groups is 1. The molecule has 110 valence electrons. The number of halogens is 1. The number of benzene rings is 1. The normalized spacial score (nSPS) is 23.8. The van der Waals surface area contributed by atoms with Gasteiger partial charge in [0.15, 0.2) is 0 Å². The Morgan fingerprint density at radius 3 is 2.95 bits per heavy atom. The van der Waals surface area contributed by atoms with Gasteiger partial charge in [0.1, 0.15) is 10.8 Å². The molecule has 0 saturated carbocycles. The van der Waals surface area contributed by atoms with E-state index in [0.29, 0.717) is 11.6 Å². The van der Waals surface area contributed by atoms with E-state index in [1.165, 1.54) is 6.07 Å². The van der Waals surface area contributed by atoms with Crippen LogP contribution in [0.5, 0.6) is 0 Å². The van der Waals surface area contributed by atoms with Gasteiger partial charge in [-0.2, -0.15) is 0 Å². The first-order valence-electron chi connectivity index (χ1n) is 6.95. The molecule has 1 aliphatic rings. The van der Waals surface area contributed by atoms with Crippen LogP contribution in [-0.4, -0.2) is 35.2 Å². The van der Waals surface area contributed by atoms with Crippen molar-refractivity contribution in [2.45, 2.75) is 39.0 Å². The standard InChI is InChI=1S/C15H21FN2OS/c1-3-12-9-19-10(2)7-18(12)8-11-4-5-14(16)13(6-11)15(17)20/h4-6,10,12H,3,7-9H2,1-2H3,(H2,17,20). The lowest BCUT2D eigenvalue weighted by Crippen LogP contribution is -2.47. The lowest BCUT2D eigenvalue weighted by atomic mass is 10.1. The summed E-state index contributed by atoms with van der Waals surface area (Å²) in [6.07, 6.45) is 1.27. The van der Waals surface area contributed by atoms with E-state index in [1.807, 2.05) is 0 Å². The molecule has 0 bridgehead atoms. The molecular formula is C15H21FN2OS. The Bertz CT molecular complexity index is 495. The third kappa shape index (κ3) is 3.53. The average molecular weight is 296 g/mol. The van der Waals surface area contributed by atoms with Gasteiger partial charge in [-0.15, -0.1) is 0 Å². The molecule has 0 aromatic heterocycles. The van der Waals surface area contributed by atoms with E-state index in [9.17, 15) is 4.39 Å². The van der Waals surface area contributed by atoms with Crippen LogP contribution in [0.25, 0.3) is 0 Å². The minimum absolute atomic E-state index is 0.103. The van der Waals surface area contributed by atoms with Gasteiger partial charge in [-0.1, -0.05) is 25.2 Å². The first kappa shape index (κ1) is 15.4. The molecule has 0 radical (unpaired) electrons. The van der Waals surface area contributed by atoms with Crippen molar-refractivity contribution in [2.75, 3.05) is 13.2 Å². The second-order valence-corrected chi connectivity index (χ2v) is 5.75. The molecule has 1 saturated heterocycles. The van der Waals surface area contributed by atoms with E-state index in [4.69, 9.17) is 22.7 Å². The van der Waals surface area contributed by atoms with Crippen molar-refractivity contribution in [1.29, 1.82) is 0 Å². The number of nitrogens with two attached hydrogens (primary N) is 1. The average Bonchev–Trinajstić information content (AvgIpc) is 2.41. The molecule has 0 spiro atoms. The number of nitrogens with zero attached hydrogens (tertiary/aromatic N) is 1. The predicted molar refractivity (Wildman–Crippen MR) is 82.2 cm³/mol.